The molecule has 4 saturated carbocycles. The van der Waals surface area contributed by atoms with Crippen LogP contribution < -0.4 is 0 Å². The van der Waals surface area contributed by atoms with Gasteiger partial charge in [-0.25, -0.2) is 0 Å². The van der Waals surface area contributed by atoms with E-state index in [1.165, 1.54) is 44.9 Å². The molecular weight excluding hydrogens is 1590 g/mol. The maximum Gasteiger partial charge on any atom is 0.309 e. The summed E-state index contributed by atoms with van der Waals surface area (Å²) in [6.45, 7) is 27.3. The van der Waals surface area contributed by atoms with Gasteiger partial charge in [-0.3, -0.25) is 38.4 Å². The molecule has 28 atom stereocenters. The molecular formula is C100H168O24. The fourth-order valence-corrected chi connectivity index (χ4v) is 21.8. The minimum absolute atomic E-state index is 0.0375. The summed E-state index contributed by atoms with van der Waals surface area (Å²) in [4.78, 5) is 96.3. The van der Waals surface area contributed by atoms with Gasteiger partial charge < -0.3 is 75.8 Å². The number of carbonyl (C=O) groups excluding carboxylic acids is 8. The second-order valence-electron chi connectivity index (χ2n) is 37.5. The zero-order chi connectivity index (χ0) is 88.9. The molecule has 712 valence electrons. The van der Waals surface area contributed by atoms with Crippen molar-refractivity contribution < 1.29 is 114 Å². The molecule has 0 N–H and O–H groups in total. The van der Waals surface area contributed by atoms with Crippen molar-refractivity contribution in [2.45, 2.75) is 463 Å². The summed E-state index contributed by atoms with van der Waals surface area (Å²) in [6.07, 6.45) is 49.3. The molecule has 4 aliphatic carbocycles. The van der Waals surface area contributed by atoms with E-state index < -0.39 is 0 Å². The van der Waals surface area contributed by atoms with Crippen molar-refractivity contribution in [2.75, 3.05) is 52.9 Å². The van der Waals surface area contributed by atoms with Crippen LogP contribution >= 0.6 is 0 Å². The highest BCUT2D eigenvalue weighted by molar-refractivity contribution is 5.75. The van der Waals surface area contributed by atoms with Crippen molar-refractivity contribution >= 4 is 47.8 Å². The van der Waals surface area contributed by atoms with Gasteiger partial charge in [0.2, 0.25) is 0 Å². The van der Waals surface area contributed by atoms with Crippen molar-refractivity contribution in [1.82, 2.24) is 0 Å². The van der Waals surface area contributed by atoms with E-state index in [2.05, 4.69) is 27.7 Å². The van der Waals surface area contributed by atoms with Crippen molar-refractivity contribution in [3.63, 3.8) is 0 Å². The third-order valence-electron chi connectivity index (χ3n) is 28.5. The Labute approximate surface area is 745 Å². The number of carbonyl (C=O) groups is 8. The quantitative estimate of drug-likeness (QED) is 0.0236. The Hall–Kier alpha value is -4.56. The van der Waals surface area contributed by atoms with Gasteiger partial charge in [-0.15, -0.1) is 0 Å². The molecule has 0 spiro atoms. The molecule has 12 aliphatic rings. The fourth-order valence-electron chi connectivity index (χ4n) is 21.8. The number of esters is 8. The van der Waals surface area contributed by atoms with Crippen molar-refractivity contribution in [2.24, 2.45) is 71.0 Å². The Morgan fingerprint density at radius 2 is 0.468 bits per heavy atom. The Kier molecular flexibility index (Phi) is 46.2. The molecule has 24 heteroatoms. The van der Waals surface area contributed by atoms with E-state index in [1.54, 1.807) is 0 Å². The molecule has 28 unspecified atom stereocenters. The SMILES string of the molecule is CCCCC1C(C(=O)OCC)CC(C2OC2CCCCCCCC(=O)OCC)C2OC12.CCCCC1CC(C(=O)OCC)C(C2OC2CCCCCCCC(=O)OCC)C2OC12.CCCCC1OC1C1C(C(=O)OCC)CC(CCCCCCCC(=O)OCC)C2OC21.CCCCC1OC1C1CC(C(=O)OCC)C(CCCCCCCC(=O)OCC)C2OC12. The van der Waals surface area contributed by atoms with Gasteiger partial charge in [0.1, 0.15) is 0 Å². The minimum Gasteiger partial charge on any atom is -0.466 e. The molecule has 0 aromatic carbocycles. The topological polar surface area (TPSA) is 311 Å². The van der Waals surface area contributed by atoms with Crippen LogP contribution in [0.4, 0.5) is 0 Å². The molecule has 12 rings (SSSR count). The first-order valence-electron chi connectivity index (χ1n) is 50.9. The highest BCUT2D eigenvalue weighted by Gasteiger charge is 2.68. The van der Waals surface area contributed by atoms with Crippen LogP contribution in [-0.2, 0) is 114 Å². The van der Waals surface area contributed by atoms with E-state index >= 15 is 0 Å². The summed E-state index contributed by atoms with van der Waals surface area (Å²) in [5.41, 5.74) is 0. The molecule has 0 amide bonds. The van der Waals surface area contributed by atoms with E-state index in [0.29, 0.717) is 139 Å². The number of epoxide rings is 8. The zero-order valence-electron chi connectivity index (χ0n) is 78.7. The normalized spacial score (nSPS) is 33.5. The number of ether oxygens (including phenoxy) is 16. The van der Waals surface area contributed by atoms with Gasteiger partial charge in [0.15, 0.2) is 0 Å². The lowest BCUT2D eigenvalue weighted by Crippen LogP contribution is -2.41. The van der Waals surface area contributed by atoms with Crippen LogP contribution in [0.5, 0.6) is 0 Å². The highest BCUT2D eigenvalue weighted by Crippen LogP contribution is 2.59. The molecule has 8 aliphatic heterocycles. The average molecular weight is 1750 g/mol. The van der Waals surface area contributed by atoms with Crippen LogP contribution in [-0.4, -0.2) is 198 Å². The lowest BCUT2D eigenvalue weighted by Gasteiger charge is -2.31. The third kappa shape index (κ3) is 33.1. The smallest absolute Gasteiger partial charge is 0.309 e. The molecule has 24 nitrogen and oxygen atoms in total. The average Bonchev–Trinajstić information content (AvgIpc) is 1.59. The largest absolute Gasteiger partial charge is 0.466 e. The third-order valence-corrected chi connectivity index (χ3v) is 28.5. The van der Waals surface area contributed by atoms with Crippen LogP contribution in [0.15, 0.2) is 0 Å². The first-order chi connectivity index (χ1) is 60.4. The Bertz CT molecular complexity index is 3110. The van der Waals surface area contributed by atoms with Crippen LogP contribution in [0.3, 0.4) is 0 Å². The highest BCUT2D eigenvalue weighted by atomic mass is 16.6. The number of unbranched alkanes of at least 4 members (excludes halogenated alkanes) is 20. The summed E-state index contributed by atoms with van der Waals surface area (Å²) in [5, 5.41) is 0. The predicted octanol–water partition coefficient (Wildman–Crippen LogP) is 19.3. The van der Waals surface area contributed by atoms with Gasteiger partial charge in [-0.1, -0.05) is 182 Å². The lowest BCUT2D eigenvalue weighted by molar-refractivity contribution is -0.153. The molecule has 124 heavy (non-hydrogen) atoms. The Morgan fingerprint density at radius 1 is 0.218 bits per heavy atom. The lowest BCUT2D eigenvalue weighted by atomic mass is 9.70. The van der Waals surface area contributed by atoms with Crippen molar-refractivity contribution in [3.8, 4) is 0 Å². The summed E-state index contributed by atoms with van der Waals surface area (Å²) >= 11 is 0. The van der Waals surface area contributed by atoms with Gasteiger partial charge in [0.05, 0.1) is 174 Å². The van der Waals surface area contributed by atoms with Gasteiger partial charge in [0.25, 0.3) is 0 Å². The van der Waals surface area contributed by atoms with Crippen LogP contribution in [0.1, 0.15) is 366 Å². The van der Waals surface area contributed by atoms with Crippen LogP contribution in [0, 0.1) is 71.0 Å². The van der Waals surface area contributed by atoms with E-state index in [1.807, 2.05) is 55.4 Å². The molecule has 8 heterocycles. The fraction of sp³-hybridized carbons (Fsp3) is 0.920. The van der Waals surface area contributed by atoms with Crippen LogP contribution in [0.2, 0.25) is 0 Å². The molecule has 0 radical (unpaired) electrons. The van der Waals surface area contributed by atoms with Gasteiger partial charge >= 0.3 is 47.8 Å². The van der Waals surface area contributed by atoms with Gasteiger partial charge in [-0.05, 0) is 170 Å². The van der Waals surface area contributed by atoms with E-state index in [4.69, 9.17) is 75.8 Å². The van der Waals surface area contributed by atoms with E-state index in [0.717, 1.165) is 212 Å². The van der Waals surface area contributed by atoms with E-state index in [9.17, 15) is 38.4 Å². The molecule has 8 saturated heterocycles. The molecule has 0 aromatic rings. The maximum atomic E-state index is 12.7. The monoisotopic (exact) mass is 1750 g/mol. The van der Waals surface area contributed by atoms with Gasteiger partial charge in [-0.2, -0.15) is 0 Å². The van der Waals surface area contributed by atoms with Crippen molar-refractivity contribution in [1.29, 1.82) is 0 Å². The standard InChI is InChI=1S/4C25H42O6/c1-4-7-14-20-22(30-20)19-16-18(25(27)29-6-3)17(23-24(19)31-23)13-11-9-8-10-12-15-21(26)28-5-2;1-4-7-14-19-23(30-19)21-18(25(27)29-6-3)16-17(22-24(21)31-22)13-11-9-8-10-12-15-20(26)28-5-2;1-4-7-13-17-18(25(27)29-6-3)16-19(24-23(17)31-24)22-20(30-22)14-11-9-8-10-12-15-21(26)28-5-2;1-4-7-13-17-16-18(25(27)29-6-3)21(24-22(17)31-24)23-19(30-23)14-11-9-8-10-12-15-20(26)28-5-2/h17-20,22-24H,4-16H2,1-3H3;17-19,21-24H,4-16H2,1-3H3;17-20,22-24H,4-16H2,1-3H3;17-19,21-24H,4-16H2,1-3H3. The predicted molar refractivity (Wildman–Crippen MR) is 470 cm³/mol. The number of fused-ring (bicyclic) bond motifs is 4. The van der Waals surface area contributed by atoms with Gasteiger partial charge in [0, 0.05) is 61.2 Å². The van der Waals surface area contributed by atoms with Crippen LogP contribution in [0.25, 0.3) is 0 Å². The summed E-state index contributed by atoms with van der Waals surface area (Å²) in [7, 11) is 0. The number of hydrogen-bond acceptors (Lipinski definition) is 24. The maximum absolute atomic E-state index is 12.7. The molecule has 0 bridgehead atoms. The summed E-state index contributed by atoms with van der Waals surface area (Å²) in [6, 6.07) is 0. The number of hydrogen-bond donors (Lipinski definition) is 0. The minimum atomic E-state index is -0.0926. The first-order valence-corrected chi connectivity index (χ1v) is 50.9. The first kappa shape index (κ1) is 103. The second-order valence-corrected chi connectivity index (χ2v) is 37.5. The Morgan fingerprint density at radius 3 is 0.806 bits per heavy atom. The van der Waals surface area contributed by atoms with Crippen molar-refractivity contribution in [3.05, 3.63) is 0 Å². The number of rotatable bonds is 60. The Balaban J connectivity index is 0.000000187. The molecule has 12 fully saturated rings. The zero-order valence-corrected chi connectivity index (χ0v) is 78.7. The summed E-state index contributed by atoms with van der Waals surface area (Å²) in [5.74, 6) is 1.72. The molecule has 0 aromatic heterocycles. The van der Waals surface area contributed by atoms with E-state index in [-0.39, 0.29) is 156 Å². The summed E-state index contributed by atoms with van der Waals surface area (Å²) < 4.78 is 90.1. The second kappa shape index (κ2) is 55.6.